The molecule has 1 aromatic rings. The molecular formula is C11H16N4O2S. The van der Waals surface area contributed by atoms with Crippen molar-refractivity contribution in [2.24, 2.45) is 0 Å². The third-order valence-electron chi connectivity index (χ3n) is 2.80. The molecule has 0 saturated carbocycles. The molecule has 1 aromatic heterocycles. The predicted molar refractivity (Wildman–Crippen MR) is 67.4 cm³/mol. The van der Waals surface area contributed by atoms with E-state index in [4.69, 9.17) is 10.00 Å². The van der Waals surface area contributed by atoms with Crippen molar-refractivity contribution < 1.29 is 4.74 Å². The number of ether oxygens (including phenoxy) is 1. The summed E-state index contributed by atoms with van der Waals surface area (Å²) in [6.45, 7) is 1.35. The maximum Gasteiger partial charge on any atom is 0.344 e. The first-order valence-corrected chi connectivity index (χ1v) is 7.06. The van der Waals surface area contributed by atoms with Crippen LogP contribution in [-0.2, 0) is 11.3 Å². The molecule has 0 aliphatic carbocycles. The van der Waals surface area contributed by atoms with Crippen molar-refractivity contribution >= 4 is 11.8 Å². The Kier molecular flexibility index (Phi) is 4.84. The van der Waals surface area contributed by atoms with Gasteiger partial charge in [0.2, 0.25) is 0 Å². The lowest BCUT2D eigenvalue weighted by molar-refractivity contribution is 0.0941. The molecule has 1 saturated heterocycles. The first-order chi connectivity index (χ1) is 8.81. The van der Waals surface area contributed by atoms with Gasteiger partial charge in [-0.15, -0.1) is 5.10 Å². The topological polar surface area (TPSA) is 83.7 Å². The summed E-state index contributed by atoms with van der Waals surface area (Å²) in [7, 11) is 0. The summed E-state index contributed by atoms with van der Waals surface area (Å²) in [5, 5.41) is 15.6. The van der Waals surface area contributed by atoms with Crippen LogP contribution < -0.4 is 5.69 Å². The van der Waals surface area contributed by atoms with Crippen LogP contribution in [0.2, 0.25) is 0 Å². The fraction of sp³-hybridized carbons (Fsp3) is 0.727. The maximum atomic E-state index is 11.6. The normalized spacial score (nSPS) is 18.9. The van der Waals surface area contributed by atoms with E-state index >= 15 is 0 Å². The third kappa shape index (κ3) is 3.37. The van der Waals surface area contributed by atoms with Crippen LogP contribution in [0.4, 0.5) is 0 Å². The van der Waals surface area contributed by atoms with E-state index < -0.39 is 0 Å². The lowest BCUT2D eigenvalue weighted by Crippen LogP contribution is -2.25. The number of rotatable bonds is 6. The summed E-state index contributed by atoms with van der Waals surface area (Å²) < 4.78 is 7.16. The highest BCUT2D eigenvalue weighted by Gasteiger charge is 2.19. The summed E-state index contributed by atoms with van der Waals surface area (Å²) >= 11 is 1.51. The van der Waals surface area contributed by atoms with Crippen molar-refractivity contribution in [3.63, 3.8) is 0 Å². The highest BCUT2D eigenvalue weighted by molar-refractivity contribution is 7.99. The highest BCUT2D eigenvalue weighted by atomic mass is 32.2. The van der Waals surface area contributed by atoms with Crippen LogP contribution in [-0.4, -0.2) is 33.2 Å². The second-order valence-corrected chi connectivity index (χ2v) is 5.23. The molecule has 2 rings (SSSR count). The average molecular weight is 268 g/mol. The molecule has 1 fully saturated rings. The number of aromatic amines is 1. The van der Waals surface area contributed by atoms with Crippen molar-refractivity contribution in [3.05, 3.63) is 10.5 Å². The smallest absolute Gasteiger partial charge is 0.344 e. The Balaban J connectivity index is 1.93. The van der Waals surface area contributed by atoms with Crippen molar-refractivity contribution in [2.45, 2.75) is 43.5 Å². The molecule has 98 valence electrons. The number of hydrogen-bond acceptors (Lipinski definition) is 5. The van der Waals surface area contributed by atoms with E-state index in [-0.39, 0.29) is 11.8 Å². The van der Waals surface area contributed by atoms with Gasteiger partial charge in [-0.25, -0.2) is 9.89 Å². The molecule has 0 bridgehead atoms. The number of aromatic nitrogens is 3. The quantitative estimate of drug-likeness (QED) is 0.618. The van der Waals surface area contributed by atoms with E-state index in [1.165, 1.54) is 11.8 Å². The molecule has 7 heteroatoms. The summed E-state index contributed by atoms with van der Waals surface area (Å²) in [6.07, 6.45) is 3.52. The standard InChI is InChI=1S/C11H16N4O2S/c12-5-1-2-7-18-11-14-13-10(16)15(11)8-9-4-3-6-17-9/h9H,1-4,6-8H2,(H,13,16). The Hall–Kier alpha value is -1.26. The van der Waals surface area contributed by atoms with E-state index in [9.17, 15) is 4.79 Å². The summed E-state index contributed by atoms with van der Waals surface area (Å²) in [5.74, 6) is 0.795. The Morgan fingerprint density at radius 3 is 3.28 bits per heavy atom. The summed E-state index contributed by atoms with van der Waals surface area (Å²) in [6, 6.07) is 2.10. The molecule has 18 heavy (non-hydrogen) atoms. The first-order valence-electron chi connectivity index (χ1n) is 6.08. The van der Waals surface area contributed by atoms with Crippen molar-refractivity contribution in [2.75, 3.05) is 12.4 Å². The molecule has 6 nitrogen and oxygen atoms in total. The number of nitriles is 1. The molecule has 1 aliphatic heterocycles. The largest absolute Gasteiger partial charge is 0.376 e. The Labute approximate surface area is 109 Å². The van der Waals surface area contributed by atoms with Gasteiger partial charge in [0.15, 0.2) is 5.16 Å². The lowest BCUT2D eigenvalue weighted by atomic mass is 10.2. The Morgan fingerprint density at radius 2 is 2.56 bits per heavy atom. The van der Waals surface area contributed by atoms with E-state index in [1.54, 1.807) is 4.57 Å². The summed E-state index contributed by atoms with van der Waals surface area (Å²) in [4.78, 5) is 11.6. The van der Waals surface area contributed by atoms with E-state index in [0.29, 0.717) is 18.1 Å². The van der Waals surface area contributed by atoms with Crippen LogP contribution in [0.25, 0.3) is 0 Å². The van der Waals surface area contributed by atoms with Crippen LogP contribution >= 0.6 is 11.8 Å². The summed E-state index contributed by atoms with van der Waals surface area (Å²) in [5.41, 5.74) is -0.187. The Bertz CT molecular complexity index is 470. The van der Waals surface area contributed by atoms with Crippen molar-refractivity contribution in [1.82, 2.24) is 14.8 Å². The second kappa shape index (κ2) is 6.61. The fourth-order valence-electron chi connectivity index (χ4n) is 1.88. The van der Waals surface area contributed by atoms with Gasteiger partial charge in [0.25, 0.3) is 0 Å². The van der Waals surface area contributed by atoms with Gasteiger partial charge in [-0.05, 0) is 19.3 Å². The van der Waals surface area contributed by atoms with Gasteiger partial charge in [0.1, 0.15) is 0 Å². The molecule has 1 atom stereocenters. The van der Waals surface area contributed by atoms with Gasteiger partial charge in [-0.2, -0.15) is 5.26 Å². The number of H-pyrrole nitrogens is 1. The van der Waals surface area contributed by atoms with E-state index in [0.717, 1.165) is 31.6 Å². The molecule has 0 radical (unpaired) electrons. The van der Waals surface area contributed by atoms with Crippen LogP contribution in [0.5, 0.6) is 0 Å². The van der Waals surface area contributed by atoms with Gasteiger partial charge >= 0.3 is 5.69 Å². The minimum absolute atomic E-state index is 0.124. The maximum absolute atomic E-state index is 11.6. The van der Waals surface area contributed by atoms with E-state index in [1.807, 2.05) is 0 Å². The monoisotopic (exact) mass is 268 g/mol. The highest BCUT2D eigenvalue weighted by Crippen LogP contribution is 2.18. The van der Waals surface area contributed by atoms with Gasteiger partial charge in [0, 0.05) is 18.8 Å². The minimum atomic E-state index is -0.187. The fourth-order valence-corrected chi connectivity index (χ4v) is 2.78. The number of nitrogens with one attached hydrogen (secondary N) is 1. The zero-order valence-electron chi connectivity index (χ0n) is 10.1. The molecule has 2 heterocycles. The molecule has 1 unspecified atom stereocenters. The van der Waals surface area contributed by atoms with Gasteiger partial charge in [-0.1, -0.05) is 11.8 Å². The predicted octanol–water partition coefficient (Wildman–Crippen LogP) is 1.15. The SMILES string of the molecule is N#CCCCSc1n[nH]c(=O)n1CC1CCCO1. The average Bonchev–Trinajstić information content (AvgIpc) is 2.99. The van der Waals surface area contributed by atoms with Crippen LogP contribution in [0.3, 0.4) is 0 Å². The van der Waals surface area contributed by atoms with E-state index in [2.05, 4.69) is 16.3 Å². The third-order valence-corrected chi connectivity index (χ3v) is 3.86. The lowest BCUT2D eigenvalue weighted by Gasteiger charge is -2.10. The van der Waals surface area contributed by atoms with Crippen LogP contribution in [0, 0.1) is 11.3 Å². The van der Waals surface area contributed by atoms with Crippen molar-refractivity contribution in [1.29, 1.82) is 5.26 Å². The Morgan fingerprint density at radius 1 is 1.67 bits per heavy atom. The first kappa shape index (κ1) is 13.2. The minimum Gasteiger partial charge on any atom is -0.376 e. The number of nitrogens with zero attached hydrogens (tertiary/aromatic N) is 3. The molecule has 0 amide bonds. The van der Waals surface area contributed by atoms with Gasteiger partial charge < -0.3 is 4.74 Å². The number of hydrogen-bond donors (Lipinski definition) is 1. The zero-order chi connectivity index (χ0) is 12.8. The van der Waals surface area contributed by atoms with Crippen molar-refractivity contribution in [3.8, 4) is 6.07 Å². The number of thioether (sulfide) groups is 1. The van der Waals surface area contributed by atoms with Crippen LogP contribution in [0.15, 0.2) is 9.95 Å². The second-order valence-electron chi connectivity index (χ2n) is 4.17. The van der Waals surface area contributed by atoms with Crippen LogP contribution in [0.1, 0.15) is 25.7 Å². The zero-order valence-corrected chi connectivity index (χ0v) is 10.9. The molecule has 1 N–H and O–H groups in total. The number of unbranched alkanes of at least 4 members (excludes halogenated alkanes) is 1. The molecule has 0 aromatic carbocycles. The van der Waals surface area contributed by atoms with Gasteiger partial charge in [-0.3, -0.25) is 4.57 Å². The molecular weight excluding hydrogens is 252 g/mol. The molecule has 1 aliphatic rings. The van der Waals surface area contributed by atoms with Gasteiger partial charge in [0.05, 0.1) is 18.7 Å². The molecule has 0 spiro atoms.